The molecule has 0 aromatic heterocycles. The number of rotatable bonds is 9. The van der Waals surface area contributed by atoms with E-state index in [0.29, 0.717) is 0 Å². The van der Waals surface area contributed by atoms with E-state index in [2.05, 4.69) is 77.6 Å². The summed E-state index contributed by atoms with van der Waals surface area (Å²) in [5.41, 5.74) is 5.31. The Labute approximate surface area is 232 Å². The summed E-state index contributed by atoms with van der Waals surface area (Å²) < 4.78 is 0. The minimum absolute atomic E-state index is 0.109. The highest BCUT2D eigenvalue weighted by molar-refractivity contribution is 5.95. The number of hydrogen-bond donors (Lipinski definition) is 1. The SMILES string of the molecule is CN(C)CCCNC1c2ccccc2N=C(CN2CCN(C(=O)c3ccc(-c4ccccc4)cc3)CC2)N1C. The second-order valence-electron chi connectivity index (χ2n) is 10.7. The Hall–Kier alpha value is -3.52. The maximum atomic E-state index is 13.2. The molecule has 3 aromatic carbocycles. The fraction of sp³-hybridized carbons (Fsp3) is 0.375. The number of aliphatic imine (C=N–C) groups is 1. The molecule has 3 aromatic rings. The highest BCUT2D eigenvalue weighted by Gasteiger charge is 2.29. The highest BCUT2D eigenvalue weighted by atomic mass is 16.2. The van der Waals surface area contributed by atoms with Gasteiger partial charge in [-0.05, 0) is 62.9 Å². The van der Waals surface area contributed by atoms with Crippen molar-refractivity contribution in [3.8, 4) is 11.1 Å². The van der Waals surface area contributed by atoms with Crippen LogP contribution in [0, 0.1) is 0 Å². The molecule has 1 saturated heterocycles. The zero-order valence-corrected chi connectivity index (χ0v) is 23.4. The first-order valence-electron chi connectivity index (χ1n) is 13.9. The second-order valence-corrected chi connectivity index (χ2v) is 10.7. The molecule has 5 rings (SSSR count). The predicted molar refractivity (Wildman–Crippen MR) is 159 cm³/mol. The van der Waals surface area contributed by atoms with Crippen LogP contribution in [0.15, 0.2) is 83.9 Å². The van der Waals surface area contributed by atoms with Crippen molar-refractivity contribution in [2.24, 2.45) is 4.99 Å². The first-order chi connectivity index (χ1) is 19.0. The van der Waals surface area contributed by atoms with Crippen LogP contribution in [0.4, 0.5) is 5.69 Å². The molecule has 1 unspecified atom stereocenters. The molecule has 0 saturated carbocycles. The minimum Gasteiger partial charge on any atom is -0.342 e. The lowest BCUT2D eigenvalue weighted by Crippen LogP contribution is -2.52. The number of para-hydroxylation sites is 1. The average molecular weight is 525 g/mol. The topological polar surface area (TPSA) is 54.4 Å². The lowest BCUT2D eigenvalue weighted by molar-refractivity contribution is 0.0651. The van der Waals surface area contributed by atoms with Crippen molar-refractivity contribution in [3.63, 3.8) is 0 Å². The number of amidine groups is 1. The molecule has 2 heterocycles. The lowest BCUT2D eigenvalue weighted by atomic mass is 10.0. The maximum absolute atomic E-state index is 13.2. The minimum atomic E-state index is 0.109. The summed E-state index contributed by atoms with van der Waals surface area (Å²) in [7, 11) is 6.36. The Morgan fingerprint density at radius 1 is 0.897 bits per heavy atom. The van der Waals surface area contributed by atoms with Crippen LogP contribution >= 0.6 is 0 Å². The zero-order chi connectivity index (χ0) is 27.2. The second kappa shape index (κ2) is 12.6. The van der Waals surface area contributed by atoms with Crippen LogP contribution in [0.3, 0.4) is 0 Å². The van der Waals surface area contributed by atoms with Gasteiger partial charge in [0, 0.05) is 44.4 Å². The maximum Gasteiger partial charge on any atom is 0.253 e. The van der Waals surface area contributed by atoms with Crippen LogP contribution in [0.2, 0.25) is 0 Å². The van der Waals surface area contributed by atoms with Gasteiger partial charge in [0.1, 0.15) is 12.0 Å². The molecule has 0 bridgehead atoms. The Balaban J connectivity index is 1.18. The standard InChI is InChI=1S/C32H40N6O/c1-35(2)19-9-18-33-31-28-12-7-8-13-29(28)34-30(36(31)3)24-37-20-22-38(23-21-37)32(39)27-16-14-26(15-17-27)25-10-5-4-6-11-25/h4-8,10-17,31,33H,9,18-24H2,1-3H3. The number of amides is 1. The lowest BCUT2D eigenvalue weighted by Gasteiger charge is -2.40. The van der Waals surface area contributed by atoms with Crippen molar-refractivity contribution in [1.29, 1.82) is 0 Å². The number of nitrogens with one attached hydrogen (secondary N) is 1. The van der Waals surface area contributed by atoms with Gasteiger partial charge in [-0.25, -0.2) is 4.99 Å². The average Bonchev–Trinajstić information content (AvgIpc) is 2.97. The molecule has 1 N–H and O–H groups in total. The normalized spacial score (nSPS) is 17.7. The number of fused-ring (bicyclic) bond motifs is 1. The third-order valence-electron chi connectivity index (χ3n) is 7.66. The van der Waals surface area contributed by atoms with Gasteiger partial charge >= 0.3 is 0 Å². The number of nitrogens with zero attached hydrogens (tertiary/aromatic N) is 5. The number of benzene rings is 3. The van der Waals surface area contributed by atoms with E-state index in [0.717, 1.165) is 80.4 Å². The monoisotopic (exact) mass is 524 g/mol. The Kier molecular flexibility index (Phi) is 8.71. The van der Waals surface area contributed by atoms with Crippen molar-refractivity contribution in [2.45, 2.75) is 12.6 Å². The molecule has 2 aliphatic rings. The molecule has 7 heteroatoms. The summed E-state index contributed by atoms with van der Waals surface area (Å²) in [5.74, 6) is 1.17. The molecule has 2 aliphatic heterocycles. The summed E-state index contributed by atoms with van der Waals surface area (Å²) in [5, 5.41) is 3.75. The summed E-state index contributed by atoms with van der Waals surface area (Å²) in [6.07, 6.45) is 1.20. The fourth-order valence-corrected chi connectivity index (χ4v) is 5.35. The molecule has 1 atom stereocenters. The molecule has 7 nitrogen and oxygen atoms in total. The van der Waals surface area contributed by atoms with Crippen molar-refractivity contribution >= 4 is 17.4 Å². The molecule has 0 radical (unpaired) electrons. The number of carbonyl (C=O) groups is 1. The van der Waals surface area contributed by atoms with Crippen LogP contribution in [-0.4, -0.2) is 98.3 Å². The van der Waals surface area contributed by atoms with E-state index in [4.69, 9.17) is 4.99 Å². The number of likely N-dealkylation sites (N-methyl/N-ethyl adjacent to an activating group) is 1. The van der Waals surface area contributed by atoms with Gasteiger partial charge in [0.05, 0.1) is 12.2 Å². The molecular formula is C32H40N6O. The zero-order valence-electron chi connectivity index (χ0n) is 23.4. The molecule has 0 aliphatic carbocycles. The third kappa shape index (κ3) is 6.56. The number of piperazine rings is 1. The van der Waals surface area contributed by atoms with Gasteiger partial charge < -0.3 is 14.7 Å². The van der Waals surface area contributed by atoms with E-state index in [9.17, 15) is 4.79 Å². The van der Waals surface area contributed by atoms with Gasteiger partial charge in [0.2, 0.25) is 0 Å². The number of carbonyl (C=O) groups excluding carboxylic acids is 1. The molecule has 1 amide bonds. The van der Waals surface area contributed by atoms with Crippen LogP contribution in [-0.2, 0) is 0 Å². The van der Waals surface area contributed by atoms with E-state index in [-0.39, 0.29) is 12.1 Å². The van der Waals surface area contributed by atoms with Crippen LogP contribution in [0.1, 0.15) is 28.5 Å². The van der Waals surface area contributed by atoms with Crippen molar-refractivity contribution < 1.29 is 4.79 Å². The summed E-state index contributed by atoms with van der Waals surface area (Å²) in [6, 6.07) is 26.7. The van der Waals surface area contributed by atoms with Crippen LogP contribution in [0.25, 0.3) is 11.1 Å². The number of hydrogen-bond acceptors (Lipinski definition) is 6. The van der Waals surface area contributed by atoms with E-state index >= 15 is 0 Å². The molecule has 204 valence electrons. The van der Waals surface area contributed by atoms with Crippen molar-refractivity contribution in [3.05, 3.63) is 90.0 Å². The third-order valence-corrected chi connectivity index (χ3v) is 7.66. The first-order valence-corrected chi connectivity index (χ1v) is 13.9. The van der Waals surface area contributed by atoms with E-state index in [1.165, 1.54) is 5.56 Å². The van der Waals surface area contributed by atoms with Gasteiger partial charge in [0.15, 0.2) is 0 Å². The summed E-state index contributed by atoms with van der Waals surface area (Å²) >= 11 is 0. The Morgan fingerprint density at radius 3 is 2.28 bits per heavy atom. The van der Waals surface area contributed by atoms with Crippen molar-refractivity contribution in [1.82, 2.24) is 24.9 Å². The largest absolute Gasteiger partial charge is 0.342 e. The van der Waals surface area contributed by atoms with Crippen LogP contribution in [0.5, 0.6) is 0 Å². The fourth-order valence-electron chi connectivity index (χ4n) is 5.35. The van der Waals surface area contributed by atoms with Gasteiger partial charge in [-0.2, -0.15) is 0 Å². The van der Waals surface area contributed by atoms with Crippen LogP contribution < -0.4 is 5.32 Å². The van der Waals surface area contributed by atoms with Gasteiger partial charge in [-0.15, -0.1) is 0 Å². The molecule has 39 heavy (non-hydrogen) atoms. The van der Waals surface area contributed by atoms with E-state index in [1.54, 1.807) is 0 Å². The Morgan fingerprint density at radius 2 is 1.56 bits per heavy atom. The quantitative estimate of drug-likeness (QED) is 0.423. The van der Waals surface area contributed by atoms with E-state index < -0.39 is 0 Å². The van der Waals surface area contributed by atoms with Gasteiger partial charge in [-0.1, -0.05) is 60.7 Å². The predicted octanol–water partition coefficient (Wildman–Crippen LogP) is 4.33. The smallest absolute Gasteiger partial charge is 0.253 e. The van der Waals surface area contributed by atoms with E-state index in [1.807, 2.05) is 47.4 Å². The summed E-state index contributed by atoms with van der Waals surface area (Å²) in [6.45, 7) is 5.90. The molecule has 1 fully saturated rings. The Bertz CT molecular complexity index is 1270. The van der Waals surface area contributed by atoms with Crippen molar-refractivity contribution in [2.75, 3.05) is 67.0 Å². The molecular weight excluding hydrogens is 484 g/mol. The first kappa shape index (κ1) is 27.1. The van der Waals surface area contributed by atoms with Gasteiger partial charge in [0.25, 0.3) is 5.91 Å². The molecule has 0 spiro atoms. The van der Waals surface area contributed by atoms with Gasteiger partial charge in [-0.3, -0.25) is 15.0 Å². The summed E-state index contributed by atoms with van der Waals surface area (Å²) in [4.78, 5) is 27.1. The highest BCUT2D eigenvalue weighted by Crippen LogP contribution is 2.32.